The lowest BCUT2D eigenvalue weighted by Crippen LogP contribution is -2.32. The van der Waals surface area contributed by atoms with Crippen LogP contribution in [0.3, 0.4) is 0 Å². The van der Waals surface area contributed by atoms with Gasteiger partial charge in [0.15, 0.2) is 0 Å². The van der Waals surface area contributed by atoms with Gasteiger partial charge in [0.25, 0.3) is 0 Å². The Balaban J connectivity index is 1.75. The zero-order chi connectivity index (χ0) is 13.7. The summed E-state index contributed by atoms with van der Waals surface area (Å²) in [6, 6.07) is 0. The first-order valence-electron chi connectivity index (χ1n) is 6.45. The number of aromatic nitrogens is 3. The van der Waals surface area contributed by atoms with Gasteiger partial charge in [-0.2, -0.15) is 4.68 Å². The summed E-state index contributed by atoms with van der Waals surface area (Å²) in [5, 5.41) is 16.8. The van der Waals surface area contributed by atoms with Crippen LogP contribution in [-0.4, -0.2) is 32.1 Å². The minimum Gasteiger partial charge on any atom is -0.390 e. The number of rotatable bonds is 5. The van der Waals surface area contributed by atoms with Crippen LogP contribution in [0.4, 0.5) is 5.95 Å². The van der Waals surface area contributed by atoms with Crippen molar-refractivity contribution in [1.29, 1.82) is 0 Å². The van der Waals surface area contributed by atoms with E-state index in [9.17, 15) is 14.9 Å². The van der Waals surface area contributed by atoms with E-state index in [1.165, 1.54) is 30.3 Å². The highest BCUT2D eigenvalue weighted by molar-refractivity contribution is 5.75. The van der Waals surface area contributed by atoms with Gasteiger partial charge >= 0.3 is 5.95 Å². The summed E-state index contributed by atoms with van der Waals surface area (Å²) < 4.78 is 1.17. The third-order valence-corrected chi connectivity index (χ3v) is 3.31. The summed E-state index contributed by atoms with van der Waals surface area (Å²) >= 11 is 0. The van der Waals surface area contributed by atoms with E-state index in [1.54, 1.807) is 0 Å². The van der Waals surface area contributed by atoms with Gasteiger partial charge in [-0.05, 0) is 23.7 Å². The molecule has 8 nitrogen and oxygen atoms in total. The molecule has 0 radical (unpaired) electrons. The number of nitro groups is 1. The van der Waals surface area contributed by atoms with E-state index in [0.717, 1.165) is 12.8 Å². The minimum atomic E-state index is -0.684. The Kier molecular flexibility index (Phi) is 4.43. The molecule has 1 N–H and O–H groups in total. The summed E-state index contributed by atoms with van der Waals surface area (Å²) in [6.45, 7) is 0.642. The van der Waals surface area contributed by atoms with Gasteiger partial charge in [-0.25, -0.2) is 0 Å². The molecule has 0 bridgehead atoms. The maximum Gasteiger partial charge on any atom is 0.490 e. The van der Waals surface area contributed by atoms with E-state index < -0.39 is 10.9 Å². The first-order valence-corrected chi connectivity index (χ1v) is 6.45. The largest absolute Gasteiger partial charge is 0.490 e. The van der Waals surface area contributed by atoms with Gasteiger partial charge in [0.2, 0.25) is 12.2 Å². The second-order valence-electron chi connectivity index (χ2n) is 4.81. The van der Waals surface area contributed by atoms with Crippen LogP contribution >= 0.6 is 0 Å². The monoisotopic (exact) mass is 267 g/mol. The summed E-state index contributed by atoms with van der Waals surface area (Å²) in [5.41, 5.74) is 0. The van der Waals surface area contributed by atoms with E-state index >= 15 is 0 Å². The van der Waals surface area contributed by atoms with Gasteiger partial charge in [0.05, 0.1) is 0 Å². The van der Waals surface area contributed by atoms with Crippen molar-refractivity contribution >= 4 is 11.9 Å². The number of hydrogen-bond donors (Lipinski definition) is 1. The van der Waals surface area contributed by atoms with Crippen molar-refractivity contribution in [2.45, 2.75) is 38.6 Å². The average molecular weight is 267 g/mol. The van der Waals surface area contributed by atoms with E-state index in [2.05, 4.69) is 15.4 Å². The van der Waals surface area contributed by atoms with E-state index in [-0.39, 0.29) is 12.5 Å². The quantitative estimate of drug-likeness (QED) is 0.630. The van der Waals surface area contributed by atoms with Crippen molar-refractivity contribution in [2.75, 3.05) is 6.54 Å². The van der Waals surface area contributed by atoms with Gasteiger partial charge < -0.3 is 15.4 Å². The molecule has 0 aromatic carbocycles. The van der Waals surface area contributed by atoms with Crippen LogP contribution in [0.5, 0.6) is 0 Å². The number of nitrogens with one attached hydrogen (secondary N) is 1. The van der Waals surface area contributed by atoms with Crippen LogP contribution in [0.25, 0.3) is 0 Å². The standard InChI is InChI=1S/C11H17N5O3/c17-10(12-6-9-4-2-1-3-5-9)7-15-8-13-11(14-15)16(18)19/h8-9H,1-7H2,(H,12,17). The number of hydrogen-bond acceptors (Lipinski definition) is 5. The van der Waals surface area contributed by atoms with Crippen LogP contribution in [0.2, 0.25) is 0 Å². The molecule has 1 saturated carbocycles. The molecule has 1 heterocycles. The second kappa shape index (κ2) is 6.26. The van der Waals surface area contributed by atoms with Gasteiger partial charge in [-0.15, -0.1) is 0 Å². The maximum atomic E-state index is 11.7. The first-order chi connectivity index (χ1) is 9.15. The number of carbonyl (C=O) groups is 1. The molecule has 0 unspecified atom stereocenters. The summed E-state index contributed by atoms with van der Waals surface area (Å²) in [6.07, 6.45) is 7.27. The van der Waals surface area contributed by atoms with Gasteiger partial charge in [0.1, 0.15) is 6.54 Å². The van der Waals surface area contributed by atoms with E-state index in [4.69, 9.17) is 0 Å². The molecule has 1 aliphatic rings. The lowest BCUT2D eigenvalue weighted by atomic mass is 9.89. The highest BCUT2D eigenvalue weighted by atomic mass is 16.6. The smallest absolute Gasteiger partial charge is 0.390 e. The van der Waals surface area contributed by atoms with Crippen molar-refractivity contribution in [1.82, 2.24) is 20.1 Å². The zero-order valence-electron chi connectivity index (χ0n) is 10.6. The van der Waals surface area contributed by atoms with E-state index in [0.29, 0.717) is 12.5 Å². The Morgan fingerprint density at radius 2 is 2.21 bits per heavy atom. The third kappa shape index (κ3) is 4.01. The Labute approximate surface area is 110 Å². The fourth-order valence-corrected chi connectivity index (χ4v) is 2.30. The highest BCUT2D eigenvalue weighted by Crippen LogP contribution is 2.22. The number of carbonyl (C=O) groups excluding carboxylic acids is 1. The molecule has 1 aliphatic carbocycles. The van der Waals surface area contributed by atoms with Crippen LogP contribution in [-0.2, 0) is 11.3 Å². The van der Waals surface area contributed by atoms with E-state index in [1.807, 2.05) is 0 Å². The fourth-order valence-electron chi connectivity index (χ4n) is 2.30. The van der Waals surface area contributed by atoms with Crippen molar-refractivity contribution in [3.05, 3.63) is 16.4 Å². The maximum absolute atomic E-state index is 11.7. The molecule has 1 aromatic rings. The normalized spacial score (nSPS) is 16.2. The lowest BCUT2D eigenvalue weighted by Gasteiger charge is -2.21. The van der Waals surface area contributed by atoms with Crippen molar-refractivity contribution in [3.63, 3.8) is 0 Å². The molecule has 0 saturated heterocycles. The molecule has 2 rings (SSSR count). The molecular weight excluding hydrogens is 250 g/mol. The average Bonchev–Trinajstić information content (AvgIpc) is 2.86. The summed E-state index contributed by atoms with van der Waals surface area (Å²) in [4.78, 5) is 24.9. The SMILES string of the molecule is O=C(Cn1cnc([N+](=O)[O-])n1)NCC1CCCCC1. The molecule has 0 atom stereocenters. The summed E-state index contributed by atoms with van der Waals surface area (Å²) in [5.74, 6) is -0.117. The zero-order valence-corrected chi connectivity index (χ0v) is 10.6. The van der Waals surface area contributed by atoms with Crippen molar-refractivity contribution in [3.8, 4) is 0 Å². The van der Waals surface area contributed by atoms with Gasteiger partial charge in [-0.1, -0.05) is 24.2 Å². The Hall–Kier alpha value is -1.99. The molecule has 19 heavy (non-hydrogen) atoms. The molecular formula is C11H17N5O3. The second-order valence-corrected chi connectivity index (χ2v) is 4.81. The Morgan fingerprint density at radius 1 is 1.47 bits per heavy atom. The number of amides is 1. The first kappa shape index (κ1) is 13.4. The Bertz CT molecular complexity index is 453. The van der Waals surface area contributed by atoms with Crippen LogP contribution in [0.1, 0.15) is 32.1 Å². The minimum absolute atomic E-state index is 0.0342. The Morgan fingerprint density at radius 3 is 2.84 bits per heavy atom. The predicted octanol–water partition coefficient (Wildman–Crippen LogP) is 0.883. The molecule has 1 aromatic heterocycles. The molecule has 8 heteroatoms. The van der Waals surface area contributed by atoms with Crippen LogP contribution in [0, 0.1) is 16.0 Å². The predicted molar refractivity (Wildman–Crippen MR) is 66.3 cm³/mol. The third-order valence-electron chi connectivity index (χ3n) is 3.31. The van der Waals surface area contributed by atoms with Gasteiger partial charge in [-0.3, -0.25) is 4.79 Å². The molecule has 1 fully saturated rings. The molecule has 104 valence electrons. The van der Waals surface area contributed by atoms with Crippen LogP contribution < -0.4 is 5.32 Å². The molecule has 0 spiro atoms. The topological polar surface area (TPSA) is 103 Å². The lowest BCUT2D eigenvalue weighted by molar-refractivity contribution is -0.394. The summed E-state index contributed by atoms with van der Waals surface area (Å²) in [7, 11) is 0. The number of nitrogens with zero attached hydrogens (tertiary/aromatic N) is 4. The van der Waals surface area contributed by atoms with Gasteiger partial charge in [0, 0.05) is 11.6 Å². The van der Waals surface area contributed by atoms with Crippen molar-refractivity contribution in [2.24, 2.45) is 5.92 Å². The van der Waals surface area contributed by atoms with Crippen LogP contribution in [0.15, 0.2) is 6.33 Å². The molecule has 1 amide bonds. The van der Waals surface area contributed by atoms with Crippen molar-refractivity contribution < 1.29 is 9.72 Å². The fraction of sp³-hybridized carbons (Fsp3) is 0.727. The molecule has 0 aliphatic heterocycles. The highest BCUT2D eigenvalue weighted by Gasteiger charge is 2.17.